The minimum Gasteiger partial charge on any atom is -0.370 e. The fourth-order valence-electron chi connectivity index (χ4n) is 7.36. The zero-order valence-electron chi connectivity index (χ0n) is 36.5. The second kappa shape index (κ2) is 23.1. The van der Waals surface area contributed by atoms with Gasteiger partial charge in [-0.15, -0.1) is 24.8 Å². The summed E-state index contributed by atoms with van der Waals surface area (Å²) in [6.07, 6.45) is 2.95. The summed E-state index contributed by atoms with van der Waals surface area (Å²) in [4.78, 5) is 4.57. The van der Waals surface area contributed by atoms with Gasteiger partial charge in [-0.25, -0.2) is 33.7 Å². The molecule has 16 nitrogen and oxygen atoms in total. The molecule has 0 radical (unpaired) electrons. The van der Waals surface area contributed by atoms with E-state index in [0.29, 0.717) is 0 Å². The Hall–Kier alpha value is -5.32. The van der Waals surface area contributed by atoms with Crippen LogP contribution in [0, 0.1) is 0 Å². The minimum atomic E-state index is -4.00. The third kappa shape index (κ3) is 14.3. The maximum atomic E-state index is 13.4. The van der Waals surface area contributed by atoms with Crippen LogP contribution in [0.3, 0.4) is 0 Å². The highest BCUT2D eigenvalue weighted by atomic mass is 35.5. The van der Waals surface area contributed by atoms with Crippen molar-refractivity contribution in [3.8, 4) is 0 Å². The monoisotopic (exact) mass is 1030 g/mol. The van der Waals surface area contributed by atoms with Crippen LogP contribution in [0.5, 0.6) is 0 Å². The first-order valence-corrected chi connectivity index (χ1v) is 27.3. The van der Waals surface area contributed by atoms with Crippen molar-refractivity contribution >= 4 is 110 Å². The Bertz CT molecular complexity index is 3050. The molecule has 2 fully saturated rings. The summed E-state index contributed by atoms with van der Waals surface area (Å²) >= 11 is 0. The molecular formula is C45H54Cl2N8O8S4. The van der Waals surface area contributed by atoms with Gasteiger partial charge in [0.15, 0.2) is 0 Å². The fraction of sp³-hybridized carbons (Fsp3) is 0.244. The molecule has 2 aliphatic heterocycles. The van der Waals surface area contributed by atoms with E-state index < -0.39 is 40.1 Å². The molecule has 0 bridgehead atoms. The molecule has 0 saturated carbocycles. The van der Waals surface area contributed by atoms with Gasteiger partial charge in [-0.1, -0.05) is 66.7 Å². The molecule has 0 unspecified atom stereocenters. The van der Waals surface area contributed by atoms with Crippen molar-refractivity contribution in [2.45, 2.75) is 27.5 Å². The first-order valence-electron chi connectivity index (χ1n) is 20.9. The second-order valence-electron chi connectivity index (χ2n) is 15.5. The van der Waals surface area contributed by atoms with Crippen LogP contribution in [-0.4, -0.2) is 92.3 Å². The van der Waals surface area contributed by atoms with Crippen LogP contribution in [0.25, 0.3) is 10.8 Å². The van der Waals surface area contributed by atoms with Crippen molar-refractivity contribution in [1.29, 1.82) is 0 Å². The summed E-state index contributed by atoms with van der Waals surface area (Å²) in [5.41, 5.74) is 2.30. The normalized spacial score (nSPS) is 14.7. The van der Waals surface area contributed by atoms with Crippen molar-refractivity contribution in [2.24, 2.45) is 0 Å². The lowest BCUT2D eigenvalue weighted by Crippen LogP contribution is -2.28. The number of rotatable bonds is 13. The lowest BCUT2D eigenvalue weighted by molar-refractivity contribution is 0.599. The second-order valence-corrected chi connectivity index (χ2v) is 22.3. The van der Waals surface area contributed by atoms with Crippen LogP contribution >= 0.6 is 24.8 Å². The van der Waals surface area contributed by atoms with Gasteiger partial charge in [0.2, 0.25) is 10.0 Å². The first kappa shape index (κ1) is 52.6. The molecule has 0 atom stereocenters. The smallest absolute Gasteiger partial charge is 0.261 e. The number of benzene rings is 6. The van der Waals surface area contributed by atoms with Gasteiger partial charge in [0.05, 0.1) is 43.7 Å². The summed E-state index contributed by atoms with van der Waals surface area (Å²) in [6, 6.07) is 38.4. The predicted molar refractivity (Wildman–Crippen MR) is 275 cm³/mol. The van der Waals surface area contributed by atoms with Crippen molar-refractivity contribution in [3.05, 3.63) is 140 Å². The number of sulfonamides is 4. The predicted octanol–water partition coefficient (Wildman–Crippen LogP) is 6.74. The Morgan fingerprint density at radius 3 is 1.30 bits per heavy atom. The zero-order chi connectivity index (χ0) is 46.1. The van der Waals surface area contributed by atoms with Crippen molar-refractivity contribution in [1.82, 2.24) is 10.6 Å². The maximum Gasteiger partial charge on any atom is 0.261 e. The Balaban J connectivity index is 0.000000253. The Labute approximate surface area is 406 Å². The van der Waals surface area contributed by atoms with Crippen LogP contribution < -0.4 is 39.3 Å². The third-order valence-electron chi connectivity index (χ3n) is 10.6. The van der Waals surface area contributed by atoms with Gasteiger partial charge >= 0.3 is 0 Å². The molecule has 6 aromatic carbocycles. The summed E-state index contributed by atoms with van der Waals surface area (Å²) in [5.74, 6) is 0. The van der Waals surface area contributed by atoms with Crippen molar-refractivity contribution in [3.63, 3.8) is 0 Å². The SMILES string of the molecule is CS(=O)(=O)Nc1cc(N2CCCNCC2)ccc1NS(=O)(=O)c1ccccc1.Cl.Cl.O=S(=O)(Nc1ccc(N2CCCNCC2)cc1NS(=O)(=O)c1ccccc1)c1ccc2ccccc2c1. The van der Waals surface area contributed by atoms with E-state index in [0.717, 1.165) is 93.6 Å². The summed E-state index contributed by atoms with van der Waals surface area (Å²) in [6.45, 7) is 6.66. The van der Waals surface area contributed by atoms with Crippen LogP contribution in [0.4, 0.5) is 34.1 Å². The number of anilines is 6. The van der Waals surface area contributed by atoms with E-state index >= 15 is 0 Å². The highest BCUT2D eigenvalue weighted by Crippen LogP contribution is 2.34. The fourth-order valence-corrected chi connectivity index (χ4v) is 11.2. The topological polar surface area (TPSA) is 215 Å². The summed E-state index contributed by atoms with van der Waals surface area (Å²) in [7, 11) is -15.4. The molecule has 0 amide bonds. The molecular weight excluding hydrogens is 980 g/mol. The van der Waals surface area contributed by atoms with E-state index in [-0.39, 0.29) is 62.3 Å². The zero-order valence-corrected chi connectivity index (χ0v) is 41.4. The lowest BCUT2D eigenvalue weighted by atomic mass is 10.1. The first-order chi connectivity index (χ1) is 31.1. The van der Waals surface area contributed by atoms with Gasteiger partial charge in [0.1, 0.15) is 0 Å². The minimum absolute atomic E-state index is 0. The molecule has 22 heteroatoms. The van der Waals surface area contributed by atoms with Crippen LogP contribution in [0.15, 0.2) is 154 Å². The van der Waals surface area contributed by atoms with E-state index in [2.05, 4.69) is 39.3 Å². The molecule has 0 spiro atoms. The highest BCUT2D eigenvalue weighted by Gasteiger charge is 2.23. The van der Waals surface area contributed by atoms with Crippen molar-refractivity contribution < 1.29 is 33.7 Å². The van der Waals surface area contributed by atoms with E-state index in [1.54, 1.807) is 78.9 Å². The average molecular weight is 1030 g/mol. The molecule has 8 rings (SSSR count). The van der Waals surface area contributed by atoms with E-state index in [1.165, 1.54) is 30.3 Å². The Morgan fingerprint density at radius 2 is 0.821 bits per heavy atom. The molecule has 2 aliphatic rings. The highest BCUT2D eigenvalue weighted by molar-refractivity contribution is 7.93. The summed E-state index contributed by atoms with van der Waals surface area (Å²) < 4.78 is 112. The molecule has 2 saturated heterocycles. The largest absolute Gasteiger partial charge is 0.370 e. The van der Waals surface area contributed by atoms with Gasteiger partial charge in [-0.05, 0) is 110 Å². The molecule has 67 heavy (non-hydrogen) atoms. The van der Waals surface area contributed by atoms with Gasteiger partial charge in [-0.2, -0.15) is 0 Å². The van der Waals surface area contributed by atoms with Gasteiger partial charge in [0, 0.05) is 50.6 Å². The summed E-state index contributed by atoms with van der Waals surface area (Å²) in [5, 5.41) is 8.38. The number of nitrogens with zero attached hydrogens (tertiary/aromatic N) is 2. The van der Waals surface area contributed by atoms with E-state index in [4.69, 9.17) is 0 Å². The van der Waals surface area contributed by atoms with Gasteiger partial charge < -0.3 is 20.4 Å². The van der Waals surface area contributed by atoms with Crippen LogP contribution in [0.1, 0.15) is 12.8 Å². The number of halogens is 2. The standard InChI is InChI=1S/C27H28N4O4S2.C18H24N4O4S2.2ClH/c32-36(33,24-9-2-1-3-10-24)30-27-20-23(31-17-6-15-28-16-18-31)12-14-26(27)29-37(34,35)25-13-11-21-7-4-5-8-22(21)19-25;1-27(23,24)20-18-14-15(22-12-5-10-19-11-13-22)8-9-17(18)21-28(25,26)16-6-3-2-4-7-16;;/h1-5,7-14,19-20,28-30H,6,15-18H2;2-4,6-9,14,19-21H,5,10-13H2,1H3;2*1H. The number of hydrogen-bond acceptors (Lipinski definition) is 12. The molecule has 6 N–H and O–H groups in total. The third-order valence-corrected chi connectivity index (χ3v) is 15.3. The lowest BCUT2D eigenvalue weighted by Gasteiger charge is -2.24. The molecule has 0 aliphatic carbocycles. The van der Waals surface area contributed by atoms with E-state index in [9.17, 15) is 33.7 Å². The Morgan fingerprint density at radius 1 is 0.403 bits per heavy atom. The average Bonchev–Trinajstić information content (AvgIpc) is 3.74. The number of hydrogen-bond donors (Lipinski definition) is 6. The van der Waals surface area contributed by atoms with Crippen molar-refractivity contribution in [2.75, 3.05) is 87.3 Å². The number of fused-ring (bicyclic) bond motifs is 1. The maximum absolute atomic E-state index is 13.4. The van der Waals surface area contributed by atoms with Crippen LogP contribution in [0.2, 0.25) is 0 Å². The van der Waals surface area contributed by atoms with Gasteiger partial charge in [0.25, 0.3) is 30.1 Å². The van der Waals surface area contributed by atoms with E-state index in [1.807, 2.05) is 30.3 Å². The molecule has 2 heterocycles. The molecule has 360 valence electrons. The quantitative estimate of drug-likeness (QED) is 0.0710. The van der Waals surface area contributed by atoms with Gasteiger partial charge in [-0.3, -0.25) is 18.9 Å². The molecule has 6 aromatic rings. The van der Waals surface area contributed by atoms with Crippen LogP contribution in [-0.2, 0) is 40.1 Å². The number of nitrogens with one attached hydrogen (secondary N) is 6. The Kier molecular flexibility index (Phi) is 18.2. The molecule has 0 aromatic heterocycles.